The lowest BCUT2D eigenvalue weighted by atomic mass is 10.0. The van der Waals surface area contributed by atoms with Gasteiger partial charge in [-0.1, -0.05) is 30.3 Å². The van der Waals surface area contributed by atoms with Gasteiger partial charge in [0.05, 0.1) is 26.9 Å². The highest BCUT2D eigenvalue weighted by atomic mass is 16.5. The van der Waals surface area contributed by atoms with E-state index in [0.717, 1.165) is 22.3 Å². The molecule has 1 aromatic heterocycles. The van der Waals surface area contributed by atoms with Crippen LogP contribution in [0.4, 0.5) is 5.82 Å². The average molecular weight is 388 g/mol. The molecular formula is C23H20N2O4. The fraction of sp³-hybridized carbons (Fsp3) is 0.130. The maximum Gasteiger partial charge on any atom is 0.257 e. The van der Waals surface area contributed by atoms with Gasteiger partial charge in [0.25, 0.3) is 5.91 Å². The number of benzene rings is 2. The first-order valence-electron chi connectivity index (χ1n) is 9.03. The number of rotatable bonds is 5. The van der Waals surface area contributed by atoms with Crippen LogP contribution in [0.5, 0.6) is 17.2 Å². The molecule has 0 saturated heterocycles. The first kappa shape index (κ1) is 18.6. The molecule has 0 spiro atoms. The van der Waals surface area contributed by atoms with E-state index in [9.17, 15) is 4.79 Å². The van der Waals surface area contributed by atoms with Crippen molar-refractivity contribution in [1.82, 2.24) is 4.98 Å². The predicted octanol–water partition coefficient (Wildman–Crippen LogP) is 4.27. The molecule has 3 aromatic rings. The number of hydrogen-bond acceptors (Lipinski definition) is 5. The quantitative estimate of drug-likeness (QED) is 0.661. The smallest absolute Gasteiger partial charge is 0.257 e. The van der Waals surface area contributed by atoms with E-state index in [1.807, 2.05) is 54.6 Å². The third-order valence-electron chi connectivity index (χ3n) is 4.76. The van der Waals surface area contributed by atoms with Gasteiger partial charge < -0.3 is 19.5 Å². The molecule has 0 atom stereocenters. The van der Waals surface area contributed by atoms with E-state index in [2.05, 4.69) is 10.3 Å². The molecule has 0 fully saturated rings. The Morgan fingerprint density at radius 3 is 2.21 bits per heavy atom. The van der Waals surface area contributed by atoms with Crippen molar-refractivity contribution < 1.29 is 19.0 Å². The molecule has 4 rings (SSSR count). The summed E-state index contributed by atoms with van der Waals surface area (Å²) in [5, 5.41) is 2.82. The minimum Gasteiger partial charge on any atom is -0.493 e. The molecule has 1 aliphatic rings. The van der Waals surface area contributed by atoms with Gasteiger partial charge in [-0.05, 0) is 35.4 Å². The molecule has 6 nitrogen and oxygen atoms in total. The fourth-order valence-corrected chi connectivity index (χ4v) is 3.33. The van der Waals surface area contributed by atoms with Crippen LogP contribution in [0, 0.1) is 0 Å². The van der Waals surface area contributed by atoms with Crippen molar-refractivity contribution in [2.75, 3.05) is 26.6 Å². The molecule has 0 aliphatic carbocycles. The highest BCUT2D eigenvalue weighted by Crippen LogP contribution is 2.42. The van der Waals surface area contributed by atoms with Crippen molar-refractivity contribution in [3.05, 3.63) is 65.9 Å². The molecule has 0 radical (unpaired) electrons. The summed E-state index contributed by atoms with van der Waals surface area (Å²) in [6.45, 7) is 0. The summed E-state index contributed by atoms with van der Waals surface area (Å²) in [5.74, 6) is 2.01. The van der Waals surface area contributed by atoms with E-state index in [-0.39, 0.29) is 5.91 Å². The second-order valence-electron chi connectivity index (χ2n) is 6.46. The number of nitrogens with one attached hydrogen (secondary N) is 1. The summed E-state index contributed by atoms with van der Waals surface area (Å²) in [6.07, 6.45) is 3.58. The first-order chi connectivity index (χ1) is 14.1. The highest BCUT2D eigenvalue weighted by molar-refractivity contribution is 6.34. The summed E-state index contributed by atoms with van der Waals surface area (Å²) in [6, 6.07) is 15.4. The van der Waals surface area contributed by atoms with Gasteiger partial charge in [0, 0.05) is 17.3 Å². The van der Waals surface area contributed by atoms with Crippen molar-refractivity contribution in [3.63, 3.8) is 0 Å². The molecule has 6 heteroatoms. The van der Waals surface area contributed by atoms with E-state index >= 15 is 0 Å². The third-order valence-corrected chi connectivity index (χ3v) is 4.76. The maximum atomic E-state index is 12.5. The lowest BCUT2D eigenvalue weighted by molar-refractivity contribution is -0.110. The number of ether oxygens (including phenoxy) is 3. The van der Waals surface area contributed by atoms with E-state index in [0.29, 0.717) is 28.6 Å². The van der Waals surface area contributed by atoms with Crippen molar-refractivity contribution in [2.45, 2.75) is 0 Å². The number of carbonyl (C=O) groups excluding carboxylic acids is 1. The Morgan fingerprint density at radius 1 is 0.897 bits per heavy atom. The molecule has 2 aromatic carbocycles. The van der Waals surface area contributed by atoms with Crippen molar-refractivity contribution in [1.29, 1.82) is 0 Å². The minimum atomic E-state index is -0.168. The zero-order chi connectivity index (χ0) is 20.4. The molecule has 1 N–H and O–H groups in total. The van der Waals surface area contributed by atoms with Gasteiger partial charge in [-0.15, -0.1) is 0 Å². The zero-order valence-corrected chi connectivity index (χ0v) is 16.4. The summed E-state index contributed by atoms with van der Waals surface area (Å²) in [4.78, 5) is 16.9. The predicted molar refractivity (Wildman–Crippen MR) is 112 cm³/mol. The van der Waals surface area contributed by atoms with E-state index in [4.69, 9.17) is 14.2 Å². The molecule has 0 saturated carbocycles. The van der Waals surface area contributed by atoms with Crippen LogP contribution in [-0.2, 0) is 4.79 Å². The van der Waals surface area contributed by atoms with Gasteiger partial charge in [0.15, 0.2) is 11.5 Å². The number of methoxy groups -OCH3 is 3. The normalized spacial score (nSPS) is 13.8. The van der Waals surface area contributed by atoms with Crippen LogP contribution >= 0.6 is 0 Å². The molecule has 0 unspecified atom stereocenters. The zero-order valence-electron chi connectivity index (χ0n) is 16.4. The van der Waals surface area contributed by atoms with E-state index in [1.54, 1.807) is 27.5 Å². The second kappa shape index (κ2) is 7.67. The SMILES string of the molecule is COc1cc(-c2cnc3c(c2)/C(=C\c2ccccc2)C(=O)N3)cc(OC)c1OC. The Bertz CT molecular complexity index is 1080. The molecule has 1 aliphatic heterocycles. The van der Waals surface area contributed by atoms with Crippen molar-refractivity contribution in [3.8, 4) is 28.4 Å². The number of carbonyl (C=O) groups is 1. The largest absolute Gasteiger partial charge is 0.493 e. The van der Waals surface area contributed by atoms with Crippen molar-refractivity contribution in [2.24, 2.45) is 0 Å². The Kier molecular flexibility index (Phi) is 4.91. The lowest BCUT2D eigenvalue weighted by Crippen LogP contribution is -2.04. The van der Waals surface area contributed by atoms with Crippen molar-refractivity contribution >= 4 is 23.4 Å². The van der Waals surface area contributed by atoms with Gasteiger partial charge >= 0.3 is 0 Å². The summed E-state index contributed by atoms with van der Waals surface area (Å²) < 4.78 is 16.3. The Balaban J connectivity index is 1.82. The molecule has 1 amide bonds. The fourth-order valence-electron chi connectivity index (χ4n) is 3.33. The topological polar surface area (TPSA) is 69.7 Å². The van der Waals surface area contributed by atoms with Crippen LogP contribution in [0.25, 0.3) is 22.8 Å². The maximum absolute atomic E-state index is 12.5. The lowest BCUT2D eigenvalue weighted by Gasteiger charge is -2.14. The van der Waals surface area contributed by atoms with Crippen LogP contribution in [0.2, 0.25) is 0 Å². The second-order valence-corrected chi connectivity index (χ2v) is 6.46. The van der Waals surface area contributed by atoms with E-state index < -0.39 is 0 Å². The van der Waals surface area contributed by atoms with Gasteiger partial charge in [0.1, 0.15) is 5.82 Å². The van der Waals surface area contributed by atoms with Crippen LogP contribution in [0.3, 0.4) is 0 Å². The highest BCUT2D eigenvalue weighted by Gasteiger charge is 2.26. The summed E-state index contributed by atoms with van der Waals surface area (Å²) in [5.41, 5.74) is 3.95. The molecular weight excluding hydrogens is 368 g/mol. The number of pyridine rings is 1. The Morgan fingerprint density at radius 2 is 1.59 bits per heavy atom. The first-order valence-corrected chi connectivity index (χ1v) is 9.03. The molecule has 2 heterocycles. The average Bonchev–Trinajstić information content (AvgIpc) is 3.07. The van der Waals surface area contributed by atoms with Gasteiger partial charge in [-0.3, -0.25) is 4.79 Å². The standard InChI is InChI=1S/C23H20N2O4/c1-27-19-11-15(12-20(28-2)21(19)29-3)16-10-17-18(9-14-7-5-4-6-8-14)23(26)25-22(17)24-13-16/h4-13H,1-3H3,(H,24,25,26)/b18-9+. The number of aromatic nitrogens is 1. The number of hydrogen-bond donors (Lipinski definition) is 1. The van der Waals surface area contributed by atoms with Crippen LogP contribution in [0.15, 0.2) is 54.7 Å². The Hall–Kier alpha value is -3.80. The molecule has 0 bridgehead atoms. The monoisotopic (exact) mass is 388 g/mol. The number of amides is 1. The number of fused-ring (bicyclic) bond motifs is 1. The van der Waals surface area contributed by atoms with Crippen LogP contribution in [-0.4, -0.2) is 32.2 Å². The number of nitrogens with zero attached hydrogens (tertiary/aromatic N) is 1. The van der Waals surface area contributed by atoms with Crippen LogP contribution < -0.4 is 19.5 Å². The molecule has 29 heavy (non-hydrogen) atoms. The Labute approximate surface area is 168 Å². The van der Waals surface area contributed by atoms with Gasteiger partial charge in [-0.25, -0.2) is 4.98 Å². The number of anilines is 1. The van der Waals surface area contributed by atoms with E-state index in [1.165, 1.54) is 0 Å². The molecule has 146 valence electrons. The summed E-state index contributed by atoms with van der Waals surface area (Å²) >= 11 is 0. The minimum absolute atomic E-state index is 0.168. The summed E-state index contributed by atoms with van der Waals surface area (Å²) in [7, 11) is 4.71. The third kappa shape index (κ3) is 3.40. The van der Waals surface area contributed by atoms with Crippen LogP contribution in [0.1, 0.15) is 11.1 Å². The van der Waals surface area contributed by atoms with Gasteiger partial charge in [0.2, 0.25) is 5.75 Å². The van der Waals surface area contributed by atoms with Gasteiger partial charge in [-0.2, -0.15) is 0 Å².